The topological polar surface area (TPSA) is 0 Å². The highest BCUT2D eigenvalue weighted by molar-refractivity contribution is 5.23. The first-order chi connectivity index (χ1) is 6.76. The maximum absolute atomic E-state index is 2.35. The van der Waals surface area contributed by atoms with Gasteiger partial charge in [0.1, 0.15) is 0 Å². The Bertz CT molecular complexity index is 262. The van der Waals surface area contributed by atoms with Gasteiger partial charge in [-0.25, -0.2) is 0 Å². The maximum atomic E-state index is 2.35. The third kappa shape index (κ3) is 3.53. The zero-order valence-corrected chi connectivity index (χ0v) is 9.72. The minimum Gasteiger partial charge on any atom is -0.0654 e. The molecule has 1 unspecified atom stereocenters. The third-order valence-electron chi connectivity index (χ3n) is 2.77. The van der Waals surface area contributed by atoms with Crippen molar-refractivity contribution >= 4 is 0 Å². The van der Waals surface area contributed by atoms with Crippen LogP contribution in [0.15, 0.2) is 24.3 Å². The summed E-state index contributed by atoms with van der Waals surface area (Å²) in [4.78, 5) is 0. The molecule has 1 atom stereocenters. The molecule has 0 fully saturated rings. The zero-order valence-electron chi connectivity index (χ0n) is 9.72. The van der Waals surface area contributed by atoms with E-state index in [9.17, 15) is 0 Å². The fourth-order valence-electron chi connectivity index (χ4n) is 1.97. The fraction of sp³-hybridized carbons (Fsp3) is 0.571. The Balaban J connectivity index is 2.57. The van der Waals surface area contributed by atoms with Gasteiger partial charge in [-0.15, -0.1) is 0 Å². The van der Waals surface area contributed by atoms with Crippen LogP contribution in [0.4, 0.5) is 0 Å². The summed E-state index contributed by atoms with van der Waals surface area (Å²) >= 11 is 0. The van der Waals surface area contributed by atoms with Crippen LogP contribution < -0.4 is 0 Å². The lowest BCUT2D eigenvalue weighted by Crippen LogP contribution is -1.99. The molecule has 0 aliphatic carbocycles. The van der Waals surface area contributed by atoms with E-state index in [0.717, 1.165) is 12.3 Å². The molecule has 1 aromatic carbocycles. The van der Waals surface area contributed by atoms with Crippen molar-refractivity contribution in [2.24, 2.45) is 5.92 Å². The second kappa shape index (κ2) is 5.85. The highest BCUT2D eigenvalue weighted by Gasteiger charge is 2.02. The number of hydrogen-bond acceptors (Lipinski definition) is 0. The van der Waals surface area contributed by atoms with Gasteiger partial charge < -0.3 is 0 Å². The lowest BCUT2D eigenvalue weighted by Gasteiger charge is -2.10. The summed E-state index contributed by atoms with van der Waals surface area (Å²) < 4.78 is 0. The minimum atomic E-state index is 0.826. The molecule has 0 aliphatic heterocycles. The third-order valence-corrected chi connectivity index (χ3v) is 2.77. The van der Waals surface area contributed by atoms with Gasteiger partial charge in [0.25, 0.3) is 0 Å². The van der Waals surface area contributed by atoms with Crippen molar-refractivity contribution in [3.63, 3.8) is 0 Å². The zero-order chi connectivity index (χ0) is 10.4. The molecule has 0 heterocycles. The maximum Gasteiger partial charge on any atom is -0.0253 e. The van der Waals surface area contributed by atoms with Gasteiger partial charge in [0.05, 0.1) is 0 Å². The van der Waals surface area contributed by atoms with Gasteiger partial charge >= 0.3 is 0 Å². The molecule has 0 aromatic heterocycles. The molecule has 0 saturated heterocycles. The van der Waals surface area contributed by atoms with Crippen LogP contribution in [0.5, 0.6) is 0 Å². The molecule has 0 N–H and O–H groups in total. The van der Waals surface area contributed by atoms with E-state index in [-0.39, 0.29) is 0 Å². The fourth-order valence-corrected chi connectivity index (χ4v) is 1.97. The quantitative estimate of drug-likeness (QED) is 0.652. The molecule has 1 rings (SSSR count). The largest absolute Gasteiger partial charge is 0.0654 e. The van der Waals surface area contributed by atoms with Gasteiger partial charge in [-0.1, -0.05) is 57.9 Å². The molecule has 1 aromatic rings. The van der Waals surface area contributed by atoms with Crippen molar-refractivity contribution in [1.29, 1.82) is 0 Å². The standard InChI is InChI=1S/C14H22/c1-4-7-12(3)10-14-9-6-8-13(5-2)11-14/h6,8-9,11-12H,4-5,7,10H2,1-3H3. The Hall–Kier alpha value is -0.780. The van der Waals surface area contributed by atoms with Gasteiger partial charge in [-0.2, -0.15) is 0 Å². The Morgan fingerprint density at radius 3 is 2.50 bits per heavy atom. The molecule has 0 nitrogen and oxygen atoms in total. The molecule has 0 bridgehead atoms. The van der Waals surface area contributed by atoms with Crippen molar-refractivity contribution in [2.75, 3.05) is 0 Å². The molecule has 0 amide bonds. The first-order valence-corrected chi connectivity index (χ1v) is 5.84. The Labute approximate surface area is 88.4 Å². The Morgan fingerprint density at radius 2 is 1.86 bits per heavy atom. The van der Waals surface area contributed by atoms with Crippen molar-refractivity contribution in [3.05, 3.63) is 35.4 Å². The van der Waals surface area contributed by atoms with Crippen LogP contribution in [-0.4, -0.2) is 0 Å². The van der Waals surface area contributed by atoms with Crippen LogP contribution in [0.25, 0.3) is 0 Å². The summed E-state index contributed by atoms with van der Waals surface area (Å²) in [5, 5.41) is 0. The lowest BCUT2D eigenvalue weighted by atomic mass is 9.96. The van der Waals surface area contributed by atoms with Gasteiger partial charge in [-0.3, -0.25) is 0 Å². The summed E-state index contributed by atoms with van der Waals surface area (Å²) in [6.45, 7) is 6.83. The van der Waals surface area contributed by atoms with E-state index in [2.05, 4.69) is 45.0 Å². The van der Waals surface area contributed by atoms with Crippen molar-refractivity contribution < 1.29 is 0 Å². The lowest BCUT2D eigenvalue weighted by molar-refractivity contribution is 0.522. The van der Waals surface area contributed by atoms with Crippen LogP contribution in [0.1, 0.15) is 44.7 Å². The molecule has 0 spiro atoms. The van der Waals surface area contributed by atoms with Gasteiger partial charge in [0.2, 0.25) is 0 Å². The molecule has 14 heavy (non-hydrogen) atoms. The predicted octanol–water partition coefficient (Wildman–Crippen LogP) is 4.23. The average Bonchev–Trinajstić information content (AvgIpc) is 2.18. The van der Waals surface area contributed by atoms with Gasteiger partial charge in [-0.05, 0) is 29.9 Å². The number of rotatable bonds is 5. The van der Waals surface area contributed by atoms with E-state index in [0.29, 0.717) is 0 Å². The molecule has 0 aliphatic rings. The van der Waals surface area contributed by atoms with E-state index in [1.807, 2.05) is 0 Å². The molecule has 0 heteroatoms. The molecule has 78 valence electrons. The van der Waals surface area contributed by atoms with Gasteiger partial charge in [0, 0.05) is 0 Å². The highest BCUT2D eigenvalue weighted by Crippen LogP contribution is 2.14. The molecular formula is C14H22. The minimum absolute atomic E-state index is 0.826. The van der Waals surface area contributed by atoms with Crippen molar-refractivity contribution in [2.45, 2.75) is 46.5 Å². The number of aryl methyl sites for hydroxylation is 1. The Morgan fingerprint density at radius 1 is 1.14 bits per heavy atom. The monoisotopic (exact) mass is 190 g/mol. The Kier molecular flexibility index (Phi) is 4.72. The van der Waals surface area contributed by atoms with Gasteiger partial charge in [0.15, 0.2) is 0 Å². The number of benzene rings is 1. The van der Waals surface area contributed by atoms with E-state index >= 15 is 0 Å². The predicted molar refractivity (Wildman–Crippen MR) is 63.6 cm³/mol. The molecule has 0 radical (unpaired) electrons. The van der Waals surface area contributed by atoms with Crippen LogP contribution in [0.3, 0.4) is 0 Å². The van der Waals surface area contributed by atoms with Crippen molar-refractivity contribution in [1.82, 2.24) is 0 Å². The summed E-state index contributed by atoms with van der Waals surface area (Å²) in [7, 11) is 0. The molecular weight excluding hydrogens is 168 g/mol. The smallest absolute Gasteiger partial charge is 0.0253 e. The number of hydrogen-bond donors (Lipinski definition) is 0. The average molecular weight is 190 g/mol. The van der Waals surface area contributed by atoms with E-state index in [4.69, 9.17) is 0 Å². The second-order valence-corrected chi connectivity index (χ2v) is 4.27. The molecule has 0 saturated carbocycles. The normalized spacial score (nSPS) is 12.8. The van der Waals surface area contributed by atoms with Crippen molar-refractivity contribution in [3.8, 4) is 0 Å². The summed E-state index contributed by atoms with van der Waals surface area (Å²) in [6.07, 6.45) is 5.03. The summed E-state index contributed by atoms with van der Waals surface area (Å²) in [5.74, 6) is 0.826. The first-order valence-electron chi connectivity index (χ1n) is 5.84. The van der Waals surface area contributed by atoms with E-state index in [1.165, 1.54) is 30.4 Å². The second-order valence-electron chi connectivity index (χ2n) is 4.27. The summed E-state index contributed by atoms with van der Waals surface area (Å²) in [5.41, 5.74) is 2.97. The van der Waals surface area contributed by atoms with Crippen LogP contribution in [0.2, 0.25) is 0 Å². The summed E-state index contributed by atoms with van der Waals surface area (Å²) in [6, 6.07) is 9.01. The van der Waals surface area contributed by atoms with E-state index < -0.39 is 0 Å². The van der Waals surface area contributed by atoms with Crippen LogP contribution in [0, 0.1) is 5.92 Å². The van der Waals surface area contributed by atoms with Crippen LogP contribution >= 0.6 is 0 Å². The van der Waals surface area contributed by atoms with E-state index in [1.54, 1.807) is 0 Å². The SMILES string of the molecule is CCCC(C)Cc1cccc(CC)c1. The highest BCUT2D eigenvalue weighted by atomic mass is 14.1. The first kappa shape index (κ1) is 11.3. The van der Waals surface area contributed by atoms with Crippen LogP contribution in [-0.2, 0) is 12.8 Å².